The predicted molar refractivity (Wildman–Crippen MR) is 139 cm³/mol. The number of sulfone groups is 1. The minimum atomic E-state index is -4.56. The number of benzene rings is 3. The first-order valence-electron chi connectivity index (χ1n) is 12.4. The predicted octanol–water partition coefficient (Wildman–Crippen LogP) is 6.61. The van der Waals surface area contributed by atoms with E-state index in [9.17, 15) is 39.6 Å². The molecular weight excluding hydrogens is 558 g/mol. The van der Waals surface area contributed by atoms with Gasteiger partial charge in [-0.3, -0.25) is 4.79 Å². The van der Waals surface area contributed by atoms with E-state index < -0.39 is 45.6 Å². The lowest BCUT2D eigenvalue weighted by molar-refractivity contribution is -0.146. The summed E-state index contributed by atoms with van der Waals surface area (Å²) in [6, 6.07) is 14.2. The van der Waals surface area contributed by atoms with Gasteiger partial charge in [0.1, 0.15) is 6.04 Å². The average molecular weight is 585 g/mol. The number of anilines is 2. The maximum absolute atomic E-state index is 13.9. The first-order chi connectivity index (χ1) is 18.7. The zero-order chi connectivity index (χ0) is 29.3. The van der Waals surface area contributed by atoms with E-state index in [1.165, 1.54) is 60.4 Å². The SMILES string of the molecule is CCS(=O)(=O)c1ccc(CC(=O)Nc2ccc(N3CC(c4ccc(C(F)(F)F)cc4)C[C@H]3C(F)(F)F)cc2)cc1. The second-order valence-electron chi connectivity index (χ2n) is 9.58. The summed E-state index contributed by atoms with van der Waals surface area (Å²) in [5.74, 6) is -1.05. The number of amides is 1. The Bertz CT molecular complexity index is 1440. The molecule has 1 aliphatic rings. The van der Waals surface area contributed by atoms with Crippen LogP contribution in [0.2, 0.25) is 0 Å². The van der Waals surface area contributed by atoms with Crippen LogP contribution in [0.1, 0.15) is 36.0 Å². The Balaban J connectivity index is 1.43. The minimum Gasteiger partial charge on any atom is -0.359 e. The lowest BCUT2D eigenvalue weighted by atomic mass is 9.95. The molecule has 0 spiro atoms. The summed E-state index contributed by atoms with van der Waals surface area (Å²) < 4.78 is 104. The van der Waals surface area contributed by atoms with Gasteiger partial charge < -0.3 is 10.2 Å². The van der Waals surface area contributed by atoms with Crippen LogP contribution in [0.3, 0.4) is 0 Å². The number of hydrogen-bond donors (Lipinski definition) is 1. The maximum atomic E-state index is 13.9. The van der Waals surface area contributed by atoms with Crippen molar-refractivity contribution in [2.75, 3.05) is 22.5 Å². The zero-order valence-electron chi connectivity index (χ0n) is 21.3. The monoisotopic (exact) mass is 584 g/mol. The molecule has 4 rings (SSSR count). The molecule has 1 unspecified atom stereocenters. The van der Waals surface area contributed by atoms with Gasteiger partial charge in [0.05, 0.1) is 22.6 Å². The first kappa shape index (κ1) is 29.4. The van der Waals surface area contributed by atoms with Gasteiger partial charge in [0, 0.05) is 23.8 Å². The number of rotatable bonds is 7. The van der Waals surface area contributed by atoms with Gasteiger partial charge in [0.25, 0.3) is 0 Å². The Morgan fingerprint density at radius 1 is 0.900 bits per heavy atom. The largest absolute Gasteiger partial charge is 0.416 e. The molecule has 1 heterocycles. The molecule has 2 atom stereocenters. The standard InChI is InChI=1S/C28H26F6N2O3S/c1-2-40(38,39)24-13-3-18(4-14-24)15-26(37)35-22-9-11-23(12-10-22)36-17-20(16-25(36)28(32,33)34)19-5-7-21(8-6-19)27(29,30)31/h3-14,20,25H,2,15-17H2,1H3,(H,35,37)/t20?,25-/m0/s1. The molecule has 0 radical (unpaired) electrons. The Kier molecular flexibility index (Phi) is 8.21. The number of alkyl halides is 6. The van der Waals surface area contributed by atoms with Crippen molar-refractivity contribution < 1.29 is 39.6 Å². The molecule has 1 fully saturated rings. The molecule has 0 aromatic heterocycles. The van der Waals surface area contributed by atoms with Crippen molar-refractivity contribution in [3.63, 3.8) is 0 Å². The fourth-order valence-electron chi connectivity index (χ4n) is 4.73. The zero-order valence-corrected chi connectivity index (χ0v) is 22.1. The minimum absolute atomic E-state index is 0.0364. The lowest BCUT2D eigenvalue weighted by Crippen LogP contribution is -2.41. The van der Waals surface area contributed by atoms with Crippen molar-refractivity contribution in [3.8, 4) is 0 Å². The Morgan fingerprint density at radius 2 is 1.50 bits per heavy atom. The summed E-state index contributed by atoms with van der Waals surface area (Å²) >= 11 is 0. The molecule has 1 aliphatic heterocycles. The molecule has 0 aliphatic carbocycles. The van der Waals surface area contributed by atoms with E-state index in [1.54, 1.807) is 12.1 Å². The van der Waals surface area contributed by atoms with Crippen LogP contribution in [-0.2, 0) is 27.2 Å². The van der Waals surface area contributed by atoms with Gasteiger partial charge in [-0.05, 0) is 66.1 Å². The number of hydrogen-bond acceptors (Lipinski definition) is 4. The summed E-state index contributed by atoms with van der Waals surface area (Å²) in [7, 11) is -3.36. The van der Waals surface area contributed by atoms with E-state index in [4.69, 9.17) is 0 Å². The molecule has 0 bridgehead atoms. The van der Waals surface area contributed by atoms with Gasteiger partial charge in [-0.15, -0.1) is 0 Å². The van der Waals surface area contributed by atoms with Crippen molar-refractivity contribution in [1.82, 2.24) is 0 Å². The number of carbonyl (C=O) groups is 1. The molecule has 12 heteroatoms. The quantitative estimate of drug-likeness (QED) is 0.318. The third kappa shape index (κ3) is 6.78. The van der Waals surface area contributed by atoms with Crippen LogP contribution in [0.5, 0.6) is 0 Å². The maximum Gasteiger partial charge on any atom is 0.416 e. The number of halogens is 6. The fourth-order valence-corrected chi connectivity index (χ4v) is 5.61. The second-order valence-corrected chi connectivity index (χ2v) is 11.9. The third-order valence-corrected chi connectivity index (χ3v) is 8.65. The summed E-state index contributed by atoms with van der Waals surface area (Å²) in [4.78, 5) is 13.8. The number of carbonyl (C=O) groups excluding carboxylic acids is 1. The summed E-state index contributed by atoms with van der Waals surface area (Å²) in [6.45, 7) is 1.50. The highest BCUT2D eigenvalue weighted by atomic mass is 32.2. The molecule has 214 valence electrons. The van der Waals surface area contributed by atoms with Crippen molar-refractivity contribution in [3.05, 3.63) is 89.5 Å². The number of nitrogens with zero attached hydrogens (tertiary/aromatic N) is 1. The second kappa shape index (κ2) is 11.1. The summed E-state index contributed by atoms with van der Waals surface area (Å²) in [5, 5.41) is 2.67. The van der Waals surface area contributed by atoms with Crippen LogP contribution in [-0.4, -0.2) is 38.8 Å². The summed E-state index contributed by atoms with van der Waals surface area (Å²) in [5.41, 5.74) is 0.749. The van der Waals surface area contributed by atoms with E-state index in [0.717, 1.165) is 12.1 Å². The van der Waals surface area contributed by atoms with Gasteiger partial charge in [0.2, 0.25) is 5.91 Å². The molecular formula is C28H26F6N2O3S. The Hall–Kier alpha value is -3.54. The van der Waals surface area contributed by atoms with Crippen molar-refractivity contribution >= 4 is 27.1 Å². The van der Waals surface area contributed by atoms with Gasteiger partial charge in [-0.25, -0.2) is 8.42 Å². The Labute approximate surface area is 227 Å². The molecule has 1 N–H and O–H groups in total. The highest BCUT2D eigenvalue weighted by Gasteiger charge is 2.49. The van der Waals surface area contributed by atoms with Crippen LogP contribution in [0.15, 0.2) is 77.7 Å². The highest BCUT2D eigenvalue weighted by molar-refractivity contribution is 7.91. The fraction of sp³-hybridized carbons (Fsp3) is 0.321. The van der Waals surface area contributed by atoms with Gasteiger partial charge in [-0.2, -0.15) is 26.3 Å². The first-order valence-corrected chi connectivity index (χ1v) is 14.0. The van der Waals surface area contributed by atoms with Crippen LogP contribution >= 0.6 is 0 Å². The molecule has 3 aromatic carbocycles. The smallest absolute Gasteiger partial charge is 0.359 e. The van der Waals surface area contributed by atoms with E-state index in [-0.39, 0.29) is 35.7 Å². The van der Waals surface area contributed by atoms with Crippen molar-refractivity contribution in [1.29, 1.82) is 0 Å². The van der Waals surface area contributed by atoms with Crippen LogP contribution < -0.4 is 10.2 Å². The molecule has 3 aromatic rings. The molecule has 1 amide bonds. The van der Waals surface area contributed by atoms with Crippen molar-refractivity contribution in [2.24, 2.45) is 0 Å². The lowest BCUT2D eigenvalue weighted by Gasteiger charge is -2.28. The van der Waals surface area contributed by atoms with Crippen LogP contribution in [0, 0.1) is 0 Å². The van der Waals surface area contributed by atoms with Crippen LogP contribution in [0.4, 0.5) is 37.7 Å². The third-order valence-electron chi connectivity index (χ3n) is 6.90. The normalized spacial score (nSPS) is 18.1. The molecule has 1 saturated heterocycles. The summed E-state index contributed by atoms with van der Waals surface area (Å²) in [6.07, 6.45) is -9.43. The molecule has 5 nitrogen and oxygen atoms in total. The molecule has 40 heavy (non-hydrogen) atoms. The van der Waals surface area contributed by atoms with Gasteiger partial charge in [0.15, 0.2) is 9.84 Å². The average Bonchev–Trinajstić information content (AvgIpc) is 3.35. The van der Waals surface area contributed by atoms with Gasteiger partial charge in [-0.1, -0.05) is 31.2 Å². The van der Waals surface area contributed by atoms with E-state index in [1.807, 2.05) is 0 Å². The van der Waals surface area contributed by atoms with E-state index in [0.29, 0.717) is 16.8 Å². The van der Waals surface area contributed by atoms with E-state index in [2.05, 4.69) is 5.32 Å². The van der Waals surface area contributed by atoms with E-state index >= 15 is 0 Å². The topological polar surface area (TPSA) is 66.5 Å². The van der Waals surface area contributed by atoms with Crippen LogP contribution in [0.25, 0.3) is 0 Å². The number of nitrogens with one attached hydrogen (secondary N) is 1. The van der Waals surface area contributed by atoms with Gasteiger partial charge >= 0.3 is 12.4 Å². The van der Waals surface area contributed by atoms with Crippen molar-refractivity contribution in [2.45, 2.75) is 49.0 Å². The Morgan fingerprint density at radius 3 is 2.02 bits per heavy atom. The highest BCUT2D eigenvalue weighted by Crippen LogP contribution is 2.42. The molecule has 0 saturated carbocycles.